The molecule has 1 rings (SSSR count). The van der Waals surface area contributed by atoms with E-state index in [9.17, 15) is 9.59 Å². The monoisotopic (exact) mass is 281 g/mol. The number of hydrogen-bond donors (Lipinski definition) is 1. The molecule has 0 saturated heterocycles. The molecule has 0 saturated carbocycles. The van der Waals surface area contributed by atoms with E-state index >= 15 is 0 Å². The van der Waals surface area contributed by atoms with E-state index in [1.54, 1.807) is 0 Å². The van der Waals surface area contributed by atoms with Gasteiger partial charge in [-0.1, -0.05) is 13.8 Å². The first-order valence-electron chi connectivity index (χ1n) is 6.71. The van der Waals surface area contributed by atoms with Crippen molar-refractivity contribution >= 4 is 11.9 Å². The number of hydrogen-bond acceptors (Lipinski definition) is 3. The van der Waals surface area contributed by atoms with Crippen LogP contribution >= 0.6 is 0 Å². The lowest BCUT2D eigenvalue weighted by molar-refractivity contribution is -0.143. The Hall–Kier alpha value is -1.85. The molecule has 1 aromatic rings. The number of rotatable bonds is 6. The first-order chi connectivity index (χ1) is 9.22. The number of nitrogens with zero attached hydrogens (tertiary/aromatic N) is 3. The predicted octanol–water partition coefficient (Wildman–Crippen LogP) is 1.24. The molecule has 0 spiro atoms. The lowest BCUT2D eigenvalue weighted by Gasteiger charge is -2.14. The summed E-state index contributed by atoms with van der Waals surface area (Å²) in [5.41, 5.74) is 2.71. The molecule has 1 amide bonds. The van der Waals surface area contributed by atoms with Gasteiger partial charge < -0.3 is 10.0 Å². The highest BCUT2D eigenvalue weighted by atomic mass is 16.4. The van der Waals surface area contributed by atoms with Gasteiger partial charge in [0, 0.05) is 24.8 Å². The van der Waals surface area contributed by atoms with Gasteiger partial charge in [0.15, 0.2) is 0 Å². The summed E-state index contributed by atoms with van der Waals surface area (Å²) in [6, 6.07) is 0. The molecule has 1 aromatic heterocycles. The van der Waals surface area contributed by atoms with Crippen LogP contribution in [0.4, 0.5) is 0 Å². The first-order valence-corrected chi connectivity index (χ1v) is 6.71. The van der Waals surface area contributed by atoms with Crippen LogP contribution in [0.1, 0.15) is 30.8 Å². The standard InChI is InChI=1S/C14H23N3O3/c1-9(2)7-17-11(4)12(10(3)15-17)6-13(18)16(5)8-14(19)20/h9H,6-8H2,1-5H3,(H,19,20). The van der Waals surface area contributed by atoms with Gasteiger partial charge in [-0.25, -0.2) is 0 Å². The Balaban J connectivity index is 2.84. The van der Waals surface area contributed by atoms with Crippen LogP contribution in [0.15, 0.2) is 0 Å². The van der Waals surface area contributed by atoms with E-state index < -0.39 is 5.97 Å². The molecule has 0 radical (unpaired) electrons. The van der Waals surface area contributed by atoms with E-state index in [0.717, 1.165) is 23.5 Å². The fourth-order valence-corrected chi connectivity index (χ4v) is 2.09. The molecule has 1 heterocycles. The van der Waals surface area contributed by atoms with Gasteiger partial charge in [-0.2, -0.15) is 5.10 Å². The average molecular weight is 281 g/mol. The maximum atomic E-state index is 12.0. The lowest BCUT2D eigenvalue weighted by atomic mass is 10.1. The molecule has 20 heavy (non-hydrogen) atoms. The van der Waals surface area contributed by atoms with Crippen molar-refractivity contribution in [3.8, 4) is 0 Å². The maximum Gasteiger partial charge on any atom is 0.323 e. The highest BCUT2D eigenvalue weighted by Gasteiger charge is 2.18. The van der Waals surface area contributed by atoms with Gasteiger partial charge in [0.25, 0.3) is 0 Å². The van der Waals surface area contributed by atoms with Gasteiger partial charge in [0.2, 0.25) is 5.91 Å². The van der Waals surface area contributed by atoms with Crippen LogP contribution in [0.2, 0.25) is 0 Å². The molecule has 0 unspecified atom stereocenters. The first kappa shape index (κ1) is 16.2. The molecule has 112 valence electrons. The number of carboxylic acid groups (broad SMARTS) is 1. The van der Waals surface area contributed by atoms with Crippen LogP contribution in [0.5, 0.6) is 0 Å². The van der Waals surface area contributed by atoms with Gasteiger partial charge in [-0.3, -0.25) is 14.3 Å². The summed E-state index contributed by atoms with van der Waals surface area (Å²) >= 11 is 0. The molecule has 6 heteroatoms. The number of carbonyl (C=O) groups is 2. The van der Waals surface area contributed by atoms with Crippen LogP contribution in [0, 0.1) is 19.8 Å². The van der Waals surface area contributed by atoms with Crippen LogP contribution in [-0.4, -0.2) is 45.3 Å². The van der Waals surface area contributed by atoms with E-state index in [0.29, 0.717) is 5.92 Å². The summed E-state index contributed by atoms with van der Waals surface area (Å²) in [4.78, 5) is 23.8. The fraction of sp³-hybridized carbons (Fsp3) is 0.643. The summed E-state index contributed by atoms with van der Waals surface area (Å²) in [6.45, 7) is 8.58. The average Bonchev–Trinajstić information content (AvgIpc) is 2.55. The zero-order chi connectivity index (χ0) is 15.4. The van der Waals surface area contributed by atoms with Gasteiger partial charge >= 0.3 is 5.97 Å². The van der Waals surface area contributed by atoms with E-state index in [1.807, 2.05) is 18.5 Å². The maximum absolute atomic E-state index is 12.0. The van der Waals surface area contributed by atoms with Crippen LogP contribution in [0.25, 0.3) is 0 Å². The van der Waals surface area contributed by atoms with E-state index in [4.69, 9.17) is 5.11 Å². The molecular formula is C14H23N3O3. The highest BCUT2D eigenvalue weighted by Crippen LogP contribution is 2.16. The third-order valence-electron chi connectivity index (χ3n) is 3.20. The van der Waals surface area contributed by atoms with E-state index in [-0.39, 0.29) is 18.9 Å². The number of aromatic nitrogens is 2. The van der Waals surface area contributed by atoms with Crippen molar-refractivity contribution in [2.75, 3.05) is 13.6 Å². The van der Waals surface area contributed by atoms with Crippen molar-refractivity contribution < 1.29 is 14.7 Å². The van der Waals surface area contributed by atoms with Crippen molar-refractivity contribution in [1.29, 1.82) is 0 Å². The van der Waals surface area contributed by atoms with E-state index in [2.05, 4.69) is 18.9 Å². The fourth-order valence-electron chi connectivity index (χ4n) is 2.09. The summed E-state index contributed by atoms with van der Waals surface area (Å²) in [7, 11) is 1.50. The Morgan fingerprint density at radius 3 is 2.45 bits per heavy atom. The third-order valence-corrected chi connectivity index (χ3v) is 3.20. The van der Waals surface area contributed by atoms with Crippen LogP contribution in [0.3, 0.4) is 0 Å². The molecule has 0 aliphatic heterocycles. The second-order valence-corrected chi connectivity index (χ2v) is 5.55. The molecule has 0 fully saturated rings. The number of aryl methyl sites for hydroxylation is 1. The summed E-state index contributed by atoms with van der Waals surface area (Å²) < 4.78 is 1.92. The number of likely N-dealkylation sites (N-methyl/N-ethyl adjacent to an activating group) is 1. The number of carboxylic acids is 1. The number of aliphatic carboxylic acids is 1. The van der Waals surface area contributed by atoms with Crippen molar-refractivity contribution in [2.24, 2.45) is 5.92 Å². The highest BCUT2D eigenvalue weighted by molar-refractivity contribution is 5.83. The minimum absolute atomic E-state index is 0.194. The molecule has 6 nitrogen and oxygen atoms in total. The van der Waals surface area contributed by atoms with Crippen LogP contribution < -0.4 is 0 Å². The Morgan fingerprint density at radius 2 is 1.95 bits per heavy atom. The van der Waals surface area contributed by atoms with Crippen molar-refractivity contribution in [3.63, 3.8) is 0 Å². The minimum atomic E-state index is -1.01. The molecule has 0 aliphatic carbocycles. The van der Waals surface area contributed by atoms with Crippen molar-refractivity contribution in [1.82, 2.24) is 14.7 Å². The van der Waals surface area contributed by atoms with Gasteiger partial charge in [0.1, 0.15) is 6.54 Å². The molecule has 0 aliphatic rings. The van der Waals surface area contributed by atoms with Crippen LogP contribution in [-0.2, 0) is 22.6 Å². The lowest BCUT2D eigenvalue weighted by Crippen LogP contribution is -2.33. The second kappa shape index (κ2) is 6.54. The topological polar surface area (TPSA) is 75.4 Å². The Labute approximate surface area is 119 Å². The van der Waals surface area contributed by atoms with Gasteiger partial charge in [0.05, 0.1) is 12.1 Å². The zero-order valence-electron chi connectivity index (χ0n) is 12.8. The smallest absolute Gasteiger partial charge is 0.323 e. The Kier molecular flexibility index (Phi) is 5.30. The minimum Gasteiger partial charge on any atom is -0.480 e. The van der Waals surface area contributed by atoms with Gasteiger partial charge in [-0.05, 0) is 19.8 Å². The SMILES string of the molecule is Cc1nn(CC(C)C)c(C)c1CC(=O)N(C)CC(=O)O. The Morgan fingerprint density at radius 1 is 1.35 bits per heavy atom. The van der Waals surface area contributed by atoms with E-state index in [1.165, 1.54) is 11.9 Å². The summed E-state index contributed by atoms with van der Waals surface area (Å²) in [5.74, 6) is -0.737. The molecule has 0 aromatic carbocycles. The second-order valence-electron chi connectivity index (χ2n) is 5.55. The van der Waals surface area contributed by atoms with Crippen molar-refractivity contribution in [2.45, 2.75) is 40.7 Å². The van der Waals surface area contributed by atoms with Crippen molar-refractivity contribution in [3.05, 3.63) is 17.0 Å². The summed E-state index contributed by atoms with van der Waals surface area (Å²) in [6.07, 6.45) is 0.194. The molecule has 1 N–H and O–H groups in total. The number of carbonyl (C=O) groups excluding carboxylic acids is 1. The predicted molar refractivity (Wildman–Crippen MR) is 75.5 cm³/mol. The molecular weight excluding hydrogens is 258 g/mol. The quantitative estimate of drug-likeness (QED) is 0.851. The molecule has 0 bridgehead atoms. The summed E-state index contributed by atoms with van der Waals surface area (Å²) in [5, 5.41) is 13.2. The number of amides is 1. The zero-order valence-corrected chi connectivity index (χ0v) is 12.8. The van der Waals surface area contributed by atoms with Gasteiger partial charge in [-0.15, -0.1) is 0 Å². The molecule has 0 atom stereocenters. The normalized spacial score (nSPS) is 10.9. The third kappa shape index (κ3) is 4.08. The Bertz CT molecular complexity index is 506. The largest absolute Gasteiger partial charge is 0.480 e.